The SMILES string of the molecule is COc1ccccc1NCc1ccccc1Br. The van der Waals surface area contributed by atoms with E-state index < -0.39 is 0 Å². The molecule has 2 aromatic rings. The van der Waals surface area contributed by atoms with E-state index in [-0.39, 0.29) is 0 Å². The van der Waals surface area contributed by atoms with Crippen molar-refractivity contribution in [2.24, 2.45) is 0 Å². The summed E-state index contributed by atoms with van der Waals surface area (Å²) in [5, 5.41) is 3.37. The second-order valence-corrected chi connectivity index (χ2v) is 4.50. The maximum atomic E-state index is 5.29. The van der Waals surface area contributed by atoms with Gasteiger partial charge in [-0.2, -0.15) is 0 Å². The Morgan fingerprint density at radius 1 is 1.06 bits per heavy atom. The van der Waals surface area contributed by atoms with E-state index in [1.807, 2.05) is 42.5 Å². The van der Waals surface area contributed by atoms with Crippen LogP contribution in [-0.4, -0.2) is 7.11 Å². The Hall–Kier alpha value is -1.48. The van der Waals surface area contributed by atoms with Gasteiger partial charge in [0.05, 0.1) is 12.8 Å². The van der Waals surface area contributed by atoms with Crippen LogP contribution < -0.4 is 10.1 Å². The Morgan fingerprint density at radius 3 is 2.53 bits per heavy atom. The van der Waals surface area contributed by atoms with Crippen LogP contribution in [0.25, 0.3) is 0 Å². The summed E-state index contributed by atoms with van der Waals surface area (Å²) in [6, 6.07) is 16.1. The zero-order valence-electron chi connectivity index (χ0n) is 9.61. The van der Waals surface area contributed by atoms with E-state index in [0.717, 1.165) is 22.5 Å². The molecule has 0 aliphatic heterocycles. The summed E-state index contributed by atoms with van der Waals surface area (Å²) < 4.78 is 6.40. The van der Waals surface area contributed by atoms with Crippen molar-refractivity contribution in [2.75, 3.05) is 12.4 Å². The van der Waals surface area contributed by atoms with Crippen LogP contribution in [0.1, 0.15) is 5.56 Å². The lowest BCUT2D eigenvalue weighted by atomic mass is 10.2. The third-order valence-corrected chi connectivity index (χ3v) is 3.31. The van der Waals surface area contributed by atoms with Gasteiger partial charge in [0.2, 0.25) is 0 Å². The molecule has 0 saturated heterocycles. The molecule has 0 radical (unpaired) electrons. The molecule has 0 aromatic heterocycles. The van der Waals surface area contributed by atoms with Crippen LogP contribution in [0, 0.1) is 0 Å². The number of ether oxygens (including phenoxy) is 1. The summed E-state index contributed by atoms with van der Waals surface area (Å²) in [5.41, 5.74) is 2.23. The van der Waals surface area contributed by atoms with Crippen LogP contribution in [0.4, 0.5) is 5.69 Å². The molecule has 0 aliphatic rings. The summed E-state index contributed by atoms with van der Waals surface area (Å²) in [4.78, 5) is 0. The fourth-order valence-electron chi connectivity index (χ4n) is 1.62. The zero-order valence-corrected chi connectivity index (χ0v) is 11.2. The summed E-state index contributed by atoms with van der Waals surface area (Å²) in [6.07, 6.45) is 0. The summed E-state index contributed by atoms with van der Waals surface area (Å²) in [7, 11) is 1.68. The number of rotatable bonds is 4. The molecule has 0 bridgehead atoms. The Balaban J connectivity index is 2.10. The minimum atomic E-state index is 0.766. The molecule has 0 spiro atoms. The van der Waals surface area contributed by atoms with E-state index in [4.69, 9.17) is 4.74 Å². The van der Waals surface area contributed by atoms with Gasteiger partial charge in [0.15, 0.2) is 0 Å². The first-order valence-electron chi connectivity index (χ1n) is 5.41. The first kappa shape index (κ1) is 12.0. The maximum Gasteiger partial charge on any atom is 0.141 e. The molecule has 3 heteroatoms. The number of nitrogens with one attached hydrogen (secondary N) is 1. The summed E-state index contributed by atoms with van der Waals surface area (Å²) in [6.45, 7) is 0.766. The predicted molar refractivity (Wildman–Crippen MR) is 74.5 cm³/mol. The Morgan fingerprint density at radius 2 is 1.76 bits per heavy atom. The van der Waals surface area contributed by atoms with Crippen LogP contribution in [0.3, 0.4) is 0 Å². The molecule has 0 amide bonds. The van der Waals surface area contributed by atoms with Crippen molar-refractivity contribution in [3.05, 3.63) is 58.6 Å². The van der Waals surface area contributed by atoms with Crippen molar-refractivity contribution in [1.29, 1.82) is 0 Å². The molecule has 2 aromatic carbocycles. The fraction of sp³-hybridized carbons (Fsp3) is 0.143. The first-order chi connectivity index (χ1) is 8.31. The van der Waals surface area contributed by atoms with Gasteiger partial charge in [-0.05, 0) is 23.8 Å². The lowest BCUT2D eigenvalue weighted by molar-refractivity contribution is 0.416. The second-order valence-electron chi connectivity index (χ2n) is 3.65. The van der Waals surface area contributed by atoms with E-state index in [2.05, 4.69) is 27.3 Å². The highest BCUT2D eigenvalue weighted by Gasteiger charge is 2.02. The number of halogens is 1. The molecule has 88 valence electrons. The Kier molecular flexibility index (Phi) is 4.04. The monoisotopic (exact) mass is 291 g/mol. The van der Waals surface area contributed by atoms with Crippen LogP contribution >= 0.6 is 15.9 Å². The van der Waals surface area contributed by atoms with Crippen molar-refractivity contribution in [3.63, 3.8) is 0 Å². The van der Waals surface area contributed by atoms with Gasteiger partial charge >= 0.3 is 0 Å². The fourth-order valence-corrected chi connectivity index (χ4v) is 2.05. The molecule has 0 unspecified atom stereocenters. The highest BCUT2D eigenvalue weighted by atomic mass is 79.9. The molecule has 0 fully saturated rings. The maximum absolute atomic E-state index is 5.29. The van der Waals surface area contributed by atoms with Crippen LogP contribution in [-0.2, 0) is 6.54 Å². The largest absolute Gasteiger partial charge is 0.495 e. The molecule has 0 saturated carbocycles. The van der Waals surface area contributed by atoms with Crippen molar-refractivity contribution < 1.29 is 4.74 Å². The summed E-state index contributed by atoms with van der Waals surface area (Å²) in [5.74, 6) is 0.861. The molecular weight excluding hydrogens is 278 g/mol. The van der Waals surface area contributed by atoms with Gasteiger partial charge in [-0.1, -0.05) is 46.3 Å². The van der Waals surface area contributed by atoms with Crippen LogP contribution in [0.15, 0.2) is 53.0 Å². The van der Waals surface area contributed by atoms with Crippen molar-refractivity contribution in [1.82, 2.24) is 0 Å². The van der Waals surface area contributed by atoms with Crippen LogP contribution in [0.5, 0.6) is 5.75 Å². The van der Waals surface area contributed by atoms with Crippen molar-refractivity contribution in [3.8, 4) is 5.75 Å². The third kappa shape index (κ3) is 3.01. The van der Waals surface area contributed by atoms with Gasteiger partial charge < -0.3 is 10.1 Å². The first-order valence-corrected chi connectivity index (χ1v) is 6.21. The normalized spacial score (nSPS) is 10.0. The van der Waals surface area contributed by atoms with Crippen LogP contribution in [0.2, 0.25) is 0 Å². The van der Waals surface area contributed by atoms with E-state index in [1.54, 1.807) is 7.11 Å². The van der Waals surface area contributed by atoms with E-state index >= 15 is 0 Å². The molecule has 0 aliphatic carbocycles. The average Bonchev–Trinajstić information content (AvgIpc) is 2.38. The number of para-hydroxylation sites is 2. The number of anilines is 1. The van der Waals surface area contributed by atoms with Gasteiger partial charge in [-0.3, -0.25) is 0 Å². The second kappa shape index (κ2) is 5.73. The highest BCUT2D eigenvalue weighted by Crippen LogP contribution is 2.24. The van der Waals surface area contributed by atoms with Gasteiger partial charge in [0.1, 0.15) is 5.75 Å². The quantitative estimate of drug-likeness (QED) is 0.917. The molecule has 0 heterocycles. The number of methoxy groups -OCH3 is 1. The topological polar surface area (TPSA) is 21.3 Å². The van der Waals surface area contributed by atoms with Crippen molar-refractivity contribution >= 4 is 21.6 Å². The Bertz CT molecular complexity index is 499. The lowest BCUT2D eigenvalue weighted by Gasteiger charge is -2.11. The van der Waals surface area contributed by atoms with E-state index in [1.165, 1.54) is 5.56 Å². The smallest absolute Gasteiger partial charge is 0.141 e. The minimum Gasteiger partial charge on any atom is -0.495 e. The van der Waals surface area contributed by atoms with E-state index in [9.17, 15) is 0 Å². The lowest BCUT2D eigenvalue weighted by Crippen LogP contribution is -2.01. The van der Waals surface area contributed by atoms with Gasteiger partial charge in [-0.25, -0.2) is 0 Å². The standard InChI is InChI=1S/C14H14BrNO/c1-17-14-9-5-4-8-13(14)16-10-11-6-2-3-7-12(11)15/h2-9,16H,10H2,1H3. The molecule has 0 atom stereocenters. The molecule has 1 N–H and O–H groups in total. The third-order valence-electron chi connectivity index (χ3n) is 2.53. The van der Waals surface area contributed by atoms with Gasteiger partial charge in [-0.15, -0.1) is 0 Å². The van der Waals surface area contributed by atoms with Gasteiger partial charge in [0.25, 0.3) is 0 Å². The molecule has 2 nitrogen and oxygen atoms in total. The average molecular weight is 292 g/mol. The number of benzene rings is 2. The predicted octanol–water partition coefficient (Wildman–Crippen LogP) is 4.07. The minimum absolute atomic E-state index is 0.766. The summed E-state index contributed by atoms with van der Waals surface area (Å²) >= 11 is 3.53. The molecular formula is C14H14BrNO. The number of hydrogen-bond donors (Lipinski definition) is 1. The Labute approximate surface area is 110 Å². The van der Waals surface area contributed by atoms with Gasteiger partial charge in [0, 0.05) is 11.0 Å². The zero-order chi connectivity index (χ0) is 12.1. The highest BCUT2D eigenvalue weighted by molar-refractivity contribution is 9.10. The molecule has 17 heavy (non-hydrogen) atoms. The molecule has 2 rings (SSSR count). The number of hydrogen-bond acceptors (Lipinski definition) is 2. The van der Waals surface area contributed by atoms with E-state index in [0.29, 0.717) is 0 Å². The van der Waals surface area contributed by atoms with Crippen molar-refractivity contribution in [2.45, 2.75) is 6.54 Å².